The van der Waals surface area contributed by atoms with Gasteiger partial charge >= 0.3 is 127 Å². The van der Waals surface area contributed by atoms with E-state index < -0.39 is 36.0 Å². The number of aliphatic imine (C=N–C) groups is 2. The predicted molar refractivity (Wildman–Crippen MR) is 125 cm³/mol. The van der Waals surface area contributed by atoms with Gasteiger partial charge < -0.3 is 46.7 Å². The van der Waals surface area contributed by atoms with Gasteiger partial charge in [-0.3, -0.25) is 9.98 Å². The number of guanidine groups is 2. The molecule has 0 aromatic heterocycles. The van der Waals surface area contributed by atoms with Crippen LogP contribution in [-0.2, 0) is 19.1 Å². The maximum absolute atomic E-state index is 12.4. The Labute approximate surface area is 296 Å². The first-order valence-electron chi connectivity index (χ1n) is 10.3. The molecule has 0 aliphatic carbocycles. The molecular weight excluding hydrogens is 526 g/mol. The normalized spacial score (nSPS) is 11.4. The van der Waals surface area contributed by atoms with Gasteiger partial charge in [0.1, 0.15) is 12.1 Å². The summed E-state index contributed by atoms with van der Waals surface area (Å²) in [6, 6.07) is 3.10. The fourth-order valence-corrected chi connectivity index (χ4v) is 2.56. The third-order valence-corrected chi connectivity index (χ3v) is 4.29. The zero-order chi connectivity index (χ0) is 25.7. The minimum absolute atomic E-state index is 0. The molecule has 0 bridgehead atoms. The summed E-state index contributed by atoms with van der Waals surface area (Å²) < 4.78 is 9.53. The number of hydrogen-bond donors (Lipinski definition) is 6. The average Bonchev–Trinajstić information content (AvgIpc) is 2.78. The molecule has 0 fully saturated rings. The Bertz CT molecular complexity index is 888. The van der Waals surface area contributed by atoms with E-state index in [1.807, 2.05) is 0 Å². The molecule has 190 valence electrons. The molecule has 36 heavy (non-hydrogen) atoms. The third-order valence-electron chi connectivity index (χ3n) is 4.29. The molecule has 12 N–H and O–H groups in total. The van der Waals surface area contributed by atoms with Crippen LogP contribution in [0.15, 0.2) is 34.3 Å². The van der Waals surface area contributed by atoms with Crippen molar-refractivity contribution in [1.82, 2.24) is 0 Å². The van der Waals surface area contributed by atoms with E-state index in [1.54, 1.807) is 0 Å². The fourth-order valence-electron chi connectivity index (χ4n) is 2.56. The molecule has 0 saturated heterocycles. The van der Waals surface area contributed by atoms with Crippen molar-refractivity contribution in [3.05, 3.63) is 35.4 Å². The van der Waals surface area contributed by atoms with Crippen LogP contribution in [0.5, 0.6) is 0 Å². The van der Waals surface area contributed by atoms with Gasteiger partial charge in [-0.25, -0.2) is 19.2 Å². The Morgan fingerprint density at radius 2 is 1.06 bits per heavy atom. The maximum atomic E-state index is 12.4. The average molecular weight is 559 g/mol. The Kier molecular flexibility index (Phi) is 21.0. The van der Waals surface area contributed by atoms with Gasteiger partial charge in [-0.15, -0.1) is 0 Å². The molecule has 0 heterocycles. The van der Waals surface area contributed by atoms with Crippen LogP contribution in [0.2, 0.25) is 0 Å². The summed E-state index contributed by atoms with van der Waals surface area (Å²) in [6.07, 6.45) is 1.06. The van der Waals surface area contributed by atoms with E-state index in [4.69, 9.17) is 43.9 Å². The van der Waals surface area contributed by atoms with E-state index in [0.29, 0.717) is 12.8 Å². The van der Waals surface area contributed by atoms with E-state index in [-0.39, 0.29) is 155 Å². The van der Waals surface area contributed by atoms with Gasteiger partial charge in [0.15, 0.2) is 11.9 Å². The molecule has 14 nitrogen and oxygen atoms in total. The van der Waals surface area contributed by atoms with Crippen LogP contribution in [0.3, 0.4) is 0 Å². The van der Waals surface area contributed by atoms with E-state index in [1.165, 1.54) is 24.3 Å². The zero-order valence-corrected chi connectivity index (χ0v) is 26.8. The number of carbonyl (C=O) groups is 4. The van der Waals surface area contributed by atoms with Gasteiger partial charge in [0.2, 0.25) is 0 Å². The second kappa shape index (κ2) is 20.2. The third kappa shape index (κ3) is 14.8. The van der Waals surface area contributed by atoms with Crippen molar-refractivity contribution in [1.29, 1.82) is 0 Å². The number of hydrogen-bond acceptors (Lipinski definition) is 10. The van der Waals surface area contributed by atoms with Crippen LogP contribution in [0.25, 0.3) is 0 Å². The molecule has 0 radical (unpaired) electrons. The van der Waals surface area contributed by atoms with Gasteiger partial charge in [-0.05, 0) is 37.8 Å². The topological polar surface area (TPSA) is 268 Å². The van der Waals surface area contributed by atoms with Crippen LogP contribution in [-0.4, -0.2) is 61.0 Å². The van der Waals surface area contributed by atoms with Crippen LogP contribution < -0.4 is 137 Å². The standard InChI is InChI=1S/C20H30N8O6.2K.2H/c21-13(7-3-9-27-19(23)24)17(31)33-15(29)11-5-1-2-6-12(11)16(30)34-18(32)14(22)8-4-10-28-20(25)26;;;;/h1-2,5-6,13-14H,3-4,7-10,21-22H2,(H4,23,24,27)(H4,25,26,28);;;;/q;2*+1;2*-1/t13-,14-;;;;/m0..../s1. The first-order valence-corrected chi connectivity index (χ1v) is 10.3. The van der Waals surface area contributed by atoms with Gasteiger partial charge in [-0.1, -0.05) is 12.1 Å². The smallest absolute Gasteiger partial charge is 1.00 e. The van der Waals surface area contributed by atoms with Crippen molar-refractivity contribution in [3.63, 3.8) is 0 Å². The summed E-state index contributed by atoms with van der Waals surface area (Å²) in [4.78, 5) is 56.6. The van der Waals surface area contributed by atoms with Gasteiger partial charge in [0, 0.05) is 13.1 Å². The Balaban J connectivity index is -0.00000144. The van der Waals surface area contributed by atoms with Crippen molar-refractivity contribution < 1.29 is 134 Å². The van der Waals surface area contributed by atoms with Crippen LogP contribution >= 0.6 is 0 Å². The number of rotatable bonds is 12. The van der Waals surface area contributed by atoms with Crippen LogP contribution in [0, 0.1) is 0 Å². The number of ether oxygens (including phenoxy) is 2. The molecule has 0 aliphatic rings. The summed E-state index contributed by atoms with van der Waals surface area (Å²) in [6.45, 7) is 0.493. The second-order valence-corrected chi connectivity index (χ2v) is 7.07. The maximum Gasteiger partial charge on any atom is 1.00 e. The Morgan fingerprint density at radius 3 is 1.36 bits per heavy atom. The van der Waals surface area contributed by atoms with E-state index in [9.17, 15) is 19.2 Å². The first-order chi connectivity index (χ1) is 16.0. The van der Waals surface area contributed by atoms with Crippen molar-refractivity contribution >= 4 is 35.8 Å². The summed E-state index contributed by atoms with van der Waals surface area (Å²) >= 11 is 0. The van der Waals surface area contributed by atoms with E-state index in [0.717, 1.165) is 0 Å². The summed E-state index contributed by atoms with van der Waals surface area (Å²) in [5.41, 5.74) is 31.7. The molecule has 1 aromatic carbocycles. The monoisotopic (exact) mass is 558 g/mol. The van der Waals surface area contributed by atoms with E-state index >= 15 is 0 Å². The predicted octanol–water partition coefficient (Wildman–Crippen LogP) is -7.95. The number of benzene rings is 1. The SMILES string of the molecule is NC(N)=NCCC[C@H](N)C(=O)OC(=O)c1ccccc1C(=O)OC(=O)[C@@H](N)CCCN=C(N)N.[H-].[H-].[K+].[K+]. The molecule has 0 amide bonds. The quantitative estimate of drug-likeness (QED) is 0.0348. The largest absolute Gasteiger partial charge is 1.00 e. The summed E-state index contributed by atoms with van der Waals surface area (Å²) in [5, 5.41) is 0. The van der Waals surface area contributed by atoms with Gasteiger partial charge in [0.25, 0.3) is 0 Å². The molecule has 0 saturated carbocycles. The van der Waals surface area contributed by atoms with Crippen molar-refractivity contribution in [2.75, 3.05) is 13.1 Å². The van der Waals surface area contributed by atoms with Crippen molar-refractivity contribution in [2.45, 2.75) is 37.8 Å². The Morgan fingerprint density at radius 1 is 0.722 bits per heavy atom. The minimum atomic E-state index is -1.13. The molecule has 0 spiro atoms. The molecule has 1 rings (SSSR count). The summed E-state index contributed by atoms with van der Waals surface area (Å²) in [7, 11) is 0. The van der Waals surface area contributed by atoms with E-state index in [2.05, 4.69) is 9.98 Å². The van der Waals surface area contributed by atoms with Gasteiger partial charge in [-0.2, -0.15) is 0 Å². The molecule has 0 aliphatic heterocycles. The van der Waals surface area contributed by atoms with Crippen LogP contribution in [0.4, 0.5) is 0 Å². The summed E-state index contributed by atoms with van der Waals surface area (Å²) in [5.74, 6) is -4.47. The van der Waals surface area contributed by atoms with Crippen LogP contribution in [0.1, 0.15) is 49.3 Å². The second-order valence-electron chi connectivity index (χ2n) is 7.07. The van der Waals surface area contributed by atoms with Crippen molar-refractivity contribution in [2.24, 2.45) is 44.4 Å². The fraction of sp³-hybridized carbons (Fsp3) is 0.400. The minimum Gasteiger partial charge on any atom is -1.00 e. The number of nitrogens with two attached hydrogens (primary N) is 6. The molecule has 2 atom stereocenters. The number of carbonyl (C=O) groups excluding carboxylic acids is 4. The molecule has 16 heteroatoms. The number of esters is 4. The van der Waals surface area contributed by atoms with Gasteiger partial charge in [0.05, 0.1) is 11.1 Å². The molecular formula is C20H32K2N8O6. The Hall–Kier alpha value is -0.767. The van der Waals surface area contributed by atoms with Crippen molar-refractivity contribution in [3.8, 4) is 0 Å². The number of nitrogens with zero attached hydrogens (tertiary/aromatic N) is 2. The zero-order valence-electron chi connectivity index (χ0n) is 22.5. The molecule has 1 aromatic rings. The molecule has 0 unspecified atom stereocenters. The first kappa shape index (κ1) is 37.4.